The van der Waals surface area contributed by atoms with Gasteiger partial charge in [0.05, 0.1) is 11.8 Å². The molecule has 0 saturated heterocycles. The van der Waals surface area contributed by atoms with E-state index in [0.717, 1.165) is 27.7 Å². The number of carboxylic acids is 2. The first-order chi connectivity index (χ1) is 9.66. The summed E-state index contributed by atoms with van der Waals surface area (Å²) in [7, 11) is 0. The van der Waals surface area contributed by atoms with E-state index in [1.165, 1.54) is 0 Å². The van der Waals surface area contributed by atoms with Gasteiger partial charge in [-0.15, -0.1) is 0 Å². The van der Waals surface area contributed by atoms with Crippen molar-refractivity contribution in [1.29, 1.82) is 0 Å². The Kier molecular flexibility index (Phi) is 5.60. The van der Waals surface area contributed by atoms with Crippen molar-refractivity contribution >= 4 is 11.9 Å². The van der Waals surface area contributed by atoms with E-state index >= 15 is 0 Å². The summed E-state index contributed by atoms with van der Waals surface area (Å²) in [5, 5.41) is 40.5. The molecule has 126 valence electrons. The SMILES string of the molecule is CC(C)(CC(CC(=O)O)(CC(C)(C)[N+](=O)[O-])C(=O)O)[N+](=O)[O-]. The van der Waals surface area contributed by atoms with Crippen molar-refractivity contribution in [3.8, 4) is 0 Å². The number of nitrogens with zero attached hydrogens (tertiary/aromatic N) is 2. The molecule has 0 spiro atoms. The first kappa shape index (κ1) is 19.7. The Labute approximate surface area is 126 Å². The molecule has 0 atom stereocenters. The van der Waals surface area contributed by atoms with E-state index in [1.54, 1.807) is 0 Å². The Bertz CT molecular complexity index is 469. The third-order valence-corrected chi connectivity index (χ3v) is 3.47. The molecule has 0 bridgehead atoms. The summed E-state index contributed by atoms with van der Waals surface area (Å²) in [6, 6.07) is 0. The minimum atomic E-state index is -2.11. The van der Waals surface area contributed by atoms with E-state index in [1.807, 2.05) is 0 Å². The highest BCUT2D eigenvalue weighted by atomic mass is 16.6. The van der Waals surface area contributed by atoms with Crippen LogP contribution in [0.2, 0.25) is 0 Å². The zero-order chi connectivity index (χ0) is 17.9. The lowest BCUT2D eigenvalue weighted by Gasteiger charge is -2.34. The number of hydrogen-bond donors (Lipinski definition) is 2. The lowest BCUT2D eigenvalue weighted by atomic mass is 9.68. The average Bonchev–Trinajstić information content (AvgIpc) is 2.25. The topological polar surface area (TPSA) is 161 Å². The zero-order valence-corrected chi connectivity index (χ0v) is 12.9. The maximum Gasteiger partial charge on any atom is 0.310 e. The third kappa shape index (κ3) is 4.64. The van der Waals surface area contributed by atoms with Gasteiger partial charge in [0.2, 0.25) is 11.1 Å². The second kappa shape index (κ2) is 6.24. The van der Waals surface area contributed by atoms with Gasteiger partial charge < -0.3 is 10.2 Å². The van der Waals surface area contributed by atoms with Gasteiger partial charge in [0.15, 0.2) is 0 Å². The lowest BCUT2D eigenvalue weighted by Crippen LogP contribution is -2.49. The third-order valence-electron chi connectivity index (χ3n) is 3.47. The van der Waals surface area contributed by atoms with E-state index in [9.17, 15) is 34.9 Å². The minimum absolute atomic E-state index is 0.633. The molecule has 0 amide bonds. The number of rotatable bonds is 9. The van der Waals surface area contributed by atoms with Crippen molar-refractivity contribution in [2.24, 2.45) is 5.41 Å². The summed E-state index contributed by atoms with van der Waals surface area (Å²) in [5.41, 5.74) is -5.58. The van der Waals surface area contributed by atoms with Crippen LogP contribution in [0.25, 0.3) is 0 Å². The van der Waals surface area contributed by atoms with Crippen LogP contribution in [-0.4, -0.2) is 43.1 Å². The molecule has 0 aromatic heterocycles. The second-order valence-corrected chi connectivity index (χ2v) is 6.65. The van der Waals surface area contributed by atoms with Crippen LogP contribution in [0.3, 0.4) is 0 Å². The van der Waals surface area contributed by atoms with Crippen molar-refractivity contribution in [3.63, 3.8) is 0 Å². The number of carboxylic acid groups (broad SMARTS) is 2. The van der Waals surface area contributed by atoms with Gasteiger partial charge in [-0.25, -0.2) is 0 Å². The minimum Gasteiger partial charge on any atom is -0.481 e. The maximum absolute atomic E-state index is 11.6. The Morgan fingerprint density at radius 2 is 1.23 bits per heavy atom. The summed E-state index contributed by atoms with van der Waals surface area (Å²) in [5.74, 6) is -3.08. The molecule has 10 nitrogen and oxygen atoms in total. The van der Waals surface area contributed by atoms with Crippen molar-refractivity contribution in [2.75, 3.05) is 0 Å². The molecule has 0 aromatic rings. The molecule has 0 aromatic carbocycles. The molecule has 2 N–H and O–H groups in total. The Hall–Kier alpha value is -2.26. The molecule has 0 radical (unpaired) electrons. The van der Waals surface area contributed by atoms with E-state index < -0.39 is 57.5 Å². The average molecular weight is 320 g/mol. The molecular formula is C12H20N2O8. The molecule has 0 unspecified atom stereocenters. The molecule has 0 saturated carbocycles. The van der Waals surface area contributed by atoms with Crippen LogP contribution in [0.15, 0.2) is 0 Å². The van der Waals surface area contributed by atoms with Gasteiger partial charge in [-0.2, -0.15) is 0 Å². The fourth-order valence-corrected chi connectivity index (χ4v) is 2.49. The van der Waals surface area contributed by atoms with Crippen LogP contribution < -0.4 is 0 Å². The standard InChI is InChI=1S/C12H20N2O8/c1-10(2,13(19)20)6-12(9(17)18,5-8(15)16)7-11(3,4)14(21)22/h5-7H2,1-4H3,(H,15,16)(H,17,18). The Morgan fingerprint density at radius 3 is 1.41 bits per heavy atom. The van der Waals surface area contributed by atoms with Crippen molar-refractivity contribution in [3.05, 3.63) is 20.2 Å². The van der Waals surface area contributed by atoms with Gasteiger partial charge >= 0.3 is 11.9 Å². The first-order valence-electron chi connectivity index (χ1n) is 6.40. The largest absolute Gasteiger partial charge is 0.481 e. The molecule has 0 aliphatic rings. The number of carbonyl (C=O) groups is 2. The van der Waals surface area contributed by atoms with Crippen molar-refractivity contribution in [2.45, 2.75) is 58.0 Å². The van der Waals surface area contributed by atoms with Gasteiger partial charge in [0.1, 0.15) is 0 Å². The smallest absolute Gasteiger partial charge is 0.310 e. The zero-order valence-electron chi connectivity index (χ0n) is 12.9. The molecule has 0 aliphatic heterocycles. The van der Waals surface area contributed by atoms with Crippen LogP contribution in [0.1, 0.15) is 47.0 Å². The molecule has 0 aliphatic carbocycles. The maximum atomic E-state index is 11.6. The van der Waals surface area contributed by atoms with Crippen LogP contribution in [0.4, 0.5) is 0 Å². The molecule has 0 fully saturated rings. The molecular weight excluding hydrogens is 300 g/mol. The monoisotopic (exact) mass is 320 g/mol. The summed E-state index contributed by atoms with van der Waals surface area (Å²) < 4.78 is 0. The molecule has 0 heterocycles. The van der Waals surface area contributed by atoms with E-state index in [4.69, 9.17) is 5.11 Å². The highest BCUT2D eigenvalue weighted by molar-refractivity contribution is 5.81. The van der Waals surface area contributed by atoms with Crippen LogP contribution in [-0.2, 0) is 9.59 Å². The molecule has 0 rings (SSSR count). The van der Waals surface area contributed by atoms with Crippen LogP contribution in [0.5, 0.6) is 0 Å². The highest BCUT2D eigenvalue weighted by Crippen LogP contribution is 2.41. The van der Waals surface area contributed by atoms with Crippen LogP contribution in [0, 0.1) is 25.6 Å². The quantitative estimate of drug-likeness (QED) is 0.476. The van der Waals surface area contributed by atoms with Gasteiger partial charge in [0, 0.05) is 50.4 Å². The van der Waals surface area contributed by atoms with E-state index in [-0.39, 0.29) is 0 Å². The van der Waals surface area contributed by atoms with Gasteiger partial charge in [-0.3, -0.25) is 29.8 Å². The fourth-order valence-electron chi connectivity index (χ4n) is 2.49. The molecule has 22 heavy (non-hydrogen) atoms. The van der Waals surface area contributed by atoms with E-state index in [2.05, 4.69) is 0 Å². The number of hydrogen-bond acceptors (Lipinski definition) is 6. The fraction of sp³-hybridized carbons (Fsp3) is 0.833. The molecule has 10 heteroatoms. The van der Waals surface area contributed by atoms with Gasteiger partial charge in [-0.1, -0.05) is 0 Å². The number of nitro groups is 2. The highest BCUT2D eigenvalue weighted by Gasteiger charge is 2.54. The van der Waals surface area contributed by atoms with Crippen molar-refractivity contribution in [1.82, 2.24) is 0 Å². The summed E-state index contributed by atoms with van der Waals surface area (Å²) in [4.78, 5) is 43.3. The van der Waals surface area contributed by atoms with Crippen LogP contribution >= 0.6 is 0 Å². The first-order valence-corrected chi connectivity index (χ1v) is 6.40. The van der Waals surface area contributed by atoms with Crippen molar-refractivity contribution < 1.29 is 29.6 Å². The Morgan fingerprint density at radius 1 is 0.909 bits per heavy atom. The summed E-state index contributed by atoms with van der Waals surface area (Å²) >= 11 is 0. The van der Waals surface area contributed by atoms with E-state index in [0.29, 0.717) is 0 Å². The number of aliphatic carboxylic acids is 2. The summed E-state index contributed by atoms with van der Waals surface area (Å²) in [6.07, 6.45) is -2.20. The second-order valence-electron chi connectivity index (χ2n) is 6.65. The predicted molar refractivity (Wildman–Crippen MR) is 73.7 cm³/mol. The normalized spacial score (nSPS) is 12.7. The Balaban J connectivity index is 5.93. The van der Waals surface area contributed by atoms with Gasteiger partial charge in [-0.05, 0) is 0 Å². The summed E-state index contributed by atoms with van der Waals surface area (Å²) in [6.45, 7) is 4.63. The predicted octanol–water partition coefficient (Wildman–Crippen LogP) is 1.42. The van der Waals surface area contributed by atoms with Gasteiger partial charge in [0.25, 0.3) is 0 Å². The lowest BCUT2D eigenvalue weighted by molar-refractivity contribution is -0.572.